The molecule has 0 amide bonds. The minimum atomic E-state index is -0.513. The largest absolute Gasteiger partial charge is 0.497 e. The first-order valence-corrected chi connectivity index (χ1v) is 9.59. The highest BCUT2D eigenvalue weighted by atomic mass is 16.5. The van der Waals surface area contributed by atoms with E-state index in [4.69, 9.17) is 9.47 Å². The van der Waals surface area contributed by atoms with Crippen LogP contribution in [0.15, 0.2) is 48.5 Å². The zero-order valence-electron chi connectivity index (χ0n) is 15.7. The number of likely N-dealkylation sites (tertiary alicyclic amines) is 1. The lowest BCUT2D eigenvalue weighted by atomic mass is 9.81. The van der Waals surface area contributed by atoms with E-state index in [0.29, 0.717) is 13.0 Å². The van der Waals surface area contributed by atoms with Crippen molar-refractivity contribution in [2.24, 2.45) is 0 Å². The van der Waals surface area contributed by atoms with Crippen LogP contribution in [0.4, 0.5) is 0 Å². The minimum Gasteiger partial charge on any atom is -0.497 e. The van der Waals surface area contributed by atoms with Gasteiger partial charge >= 0.3 is 0 Å². The third-order valence-electron chi connectivity index (χ3n) is 5.85. The Morgan fingerprint density at radius 3 is 2.63 bits per heavy atom. The van der Waals surface area contributed by atoms with Gasteiger partial charge in [0, 0.05) is 37.7 Å². The van der Waals surface area contributed by atoms with Crippen LogP contribution in [-0.2, 0) is 0 Å². The summed E-state index contributed by atoms with van der Waals surface area (Å²) in [5.41, 5.74) is 1.44. The molecule has 0 aromatic heterocycles. The summed E-state index contributed by atoms with van der Waals surface area (Å²) in [5, 5.41) is 21.1. The number of hydrogen-bond donors (Lipinski definition) is 2. The topological polar surface area (TPSA) is 62.2 Å². The smallest absolute Gasteiger partial charge is 0.129 e. The SMILES string of the molecule is COc1ccc2c(c1)OC1(CCN(C[C@@H](O)c3ccccc3)CC1)C[C@@H]2O. The molecule has 0 saturated carbocycles. The summed E-state index contributed by atoms with van der Waals surface area (Å²) in [5.74, 6) is 1.47. The molecule has 2 aliphatic rings. The van der Waals surface area contributed by atoms with Gasteiger partial charge in [-0.3, -0.25) is 0 Å². The Morgan fingerprint density at radius 2 is 1.93 bits per heavy atom. The summed E-state index contributed by atoms with van der Waals surface area (Å²) in [6.45, 7) is 2.30. The second kappa shape index (κ2) is 7.50. The van der Waals surface area contributed by atoms with Gasteiger partial charge < -0.3 is 24.6 Å². The average molecular weight is 369 g/mol. The second-order valence-corrected chi connectivity index (χ2v) is 7.64. The van der Waals surface area contributed by atoms with Crippen LogP contribution in [0.1, 0.15) is 42.6 Å². The van der Waals surface area contributed by atoms with Gasteiger partial charge in [0.2, 0.25) is 0 Å². The molecule has 1 fully saturated rings. The summed E-state index contributed by atoms with van der Waals surface area (Å²) in [4.78, 5) is 2.28. The maximum atomic E-state index is 10.6. The highest BCUT2D eigenvalue weighted by molar-refractivity contribution is 5.44. The van der Waals surface area contributed by atoms with Gasteiger partial charge in [-0.15, -0.1) is 0 Å². The maximum Gasteiger partial charge on any atom is 0.129 e. The molecule has 0 unspecified atom stereocenters. The Morgan fingerprint density at radius 1 is 1.19 bits per heavy atom. The quantitative estimate of drug-likeness (QED) is 0.867. The molecule has 0 bridgehead atoms. The van der Waals surface area contributed by atoms with Gasteiger partial charge in [-0.1, -0.05) is 30.3 Å². The number of methoxy groups -OCH3 is 1. The van der Waals surface area contributed by atoms with Crippen molar-refractivity contribution >= 4 is 0 Å². The van der Waals surface area contributed by atoms with Gasteiger partial charge in [0.15, 0.2) is 0 Å². The number of ether oxygens (including phenoxy) is 2. The molecule has 2 heterocycles. The molecular formula is C22H27NO4. The van der Waals surface area contributed by atoms with E-state index in [1.165, 1.54) is 0 Å². The average Bonchev–Trinajstić information content (AvgIpc) is 2.70. The Labute approximate surface area is 160 Å². The van der Waals surface area contributed by atoms with E-state index in [2.05, 4.69) is 4.90 Å². The summed E-state index contributed by atoms with van der Waals surface area (Å²) in [7, 11) is 1.63. The van der Waals surface area contributed by atoms with E-state index in [0.717, 1.165) is 48.6 Å². The normalized spacial score (nSPS) is 22.7. The molecule has 2 atom stereocenters. The maximum absolute atomic E-state index is 10.6. The number of piperidine rings is 1. The minimum absolute atomic E-state index is 0.340. The van der Waals surface area contributed by atoms with Crippen molar-refractivity contribution in [3.05, 3.63) is 59.7 Å². The molecule has 4 rings (SSSR count). The highest BCUT2D eigenvalue weighted by Crippen LogP contribution is 2.45. The first-order chi connectivity index (χ1) is 13.1. The molecule has 27 heavy (non-hydrogen) atoms. The first kappa shape index (κ1) is 18.3. The lowest BCUT2D eigenvalue weighted by Gasteiger charge is -2.46. The monoisotopic (exact) mass is 369 g/mol. The van der Waals surface area contributed by atoms with Crippen LogP contribution >= 0.6 is 0 Å². The number of nitrogens with zero attached hydrogens (tertiary/aromatic N) is 1. The van der Waals surface area contributed by atoms with Crippen molar-refractivity contribution in [3.63, 3.8) is 0 Å². The fourth-order valence-electron chi connectivity index (χ4n) is 4.22. The van der Waals surface area contributed by atoms with Crippen molar-refractivity contribution < 1.29 is 19.7 Å². The van der Waals surface area contributed by atoms with Gasteiger partial charge in [0.05, 0.1) is 19.3 Å². The summed E-state index contributed by atoms with van der Waals surface area (Å²) >= 11 is 0. The number of hydrogen-bond acceptors (Lipinski definition) is 5. The summed E-state index contributed by atoms with van der Waals surface area (Å²) in [6, 6.07) is 15.4. The number of β-amino-alcohol motifs (C(OH)–C–C–N with tert-alkyl or cyclic N) is 1. The Bertz CT molecular complexity index is 771. The van der Waals surface area contributed by atoms with Crippen LogP contribution < -0.4 is 9.47 Å². The zero-order chi connectivity index (χ0) is 18.9. The van der Waals surface area contributed by atoms with E-state index in [-0.39, 0.29) is 5.60 Å². The predicted octanol–water partition coefficient (Wildman–Crippen LogP) is 3.08. The number of aliphatic hydroxyl groups is 2. The molecule has 2 aromatic rings. The van der Waals surface area contributed by atoms with Gasteiger partial charge in [-0.2, -0.15) is 0 Å². The molecule has 5 nitrogen and oxygen atoms in total. The molecule has 144 valence electrons. The van der Waals surface area contributed by atoms with Crippen molar-refractivity contribution in [1.82, 2.24) is 4.90 Å². The van der Waals surface area contributed by atoms with Crippen LogP contribution in [0.25, 0.3) is 0 Å². The molecule has 2 aliphatic heterocycles. The van der Waals surface area contributed by atoms with Crippen molar-refractivity contribution in [1.29, 1.82) is 0 Å². The predicted molar refractivity (Wildman–Crippen MR) is 103 cm³/mol. The van der Waals surface area contributed by atoms with Gasteiger partial charge in [-0.25, -0.2) is 0 Å². The molecule has 1 saturated heterocycles. The van der Waals surface area contributed by atoms with Gasteiger partial charge in [-0.05, 0) is 30.5 Å². The number of aliphatic hydroxyl groups excluding tert-OH is 2. The molecule has 0 aliphatic carbocycles. The molecule has 2 N–H and O–H groups in total. The first-order valence-electron chi connectivity index (χ1n) is 9.59. The van der Waals surface area contributed by atoms with Gasteiger partial charge in [0.25, 0.3) is 0 Å². The Hall–Kier alpha value is -2.08. The molecule has 5 heteroatoms. The van der Waals surface area contributed by atoms with Crippen LogP contribution in [0.2, 0.25) is 0 Å². The highest BCUT2D eigenvalue weighted by Gasteiger charge is 2.43. The van der Waals surface area contributed by atoms with E-state index in [1.807, 2.05) is 48.5 Å². The molecule has 2 aromatic carbocycles. The number of rotatable bonds is 4. The lowest BCUT2D eigenvalue weighted by molar-refractivity contribution is -0.0588. The van der Waals surface area contributed by atoms with Crippen LogP contribution in [0, 0.1) is 0 Å². The fourth-order valence-corrected chi connectivity index (χ4v) is 4.22. The van der Waals surface area contributed by atoms with E-state index in [1.54, 1.807) is 7.11 Å². The molecule has 1 spiro atoms. The van der Waals surface area contributed by atoms with Crippen LogP contribution in [0.3, 0.4) is 0 Å². The van der Waals surface area contributed by atoms with Crippen molar-refractivity contribution in [2.75, 3.05) is 26.7 Å². The standard InChI is InChI=1S/C22H27NO4/c1-26-17-7-8-18-19(24)14-22(27-21(18)13-17)9-11-23(12-10-22)15-20(25)16-5-3-2-4-6-16/h2-8,13,19-20,24-25H,9-12,14-15H2,1H3/t19-,20+/m0/s1. The Kier molecular flexibility index (Phi) is 5.08. The van der Waals surface area contributed by atoms with Crippen molar-refractivity contribution in [3.8, 4) is 11.5 Å². The number of fused-ring (bicyclic) bond motifs is 1. The Balaban J connectivity index is 1.41. The zero-order valence-corrected chi connectivity index (χ0v) is 15.7. The van der Waals surface area contributed by atoms with Crippen LogP contribution in [-0.4, -0.2) is 47.5 Å². The van der Waals surface area contributed by atoms with Crippen molar-refractivity contribution in [2.45, 2.75) is 37.1 Å². The van der Waals surface area contributed by atoms with Gasteiger partial charge in [0.1, 0.15) is 17.1 Å². The van der Waals surface area contributed by atoms with Crippen LogP contribution in [0.5, 0.6) is 11.5 Å². The van der Waals surface area contributed by atoms with E-state index < -0.39 is 12.2 Å². The molecule has 0 radical (unpaired) electrons. The van der Waals surface area contributed by atoms with E-state index >= 15 is 0 Å². The molecular weight excluding hydrogens is 342 g/mol. The summed E-state index contributed by atoms with van der Waals surface area (Å²) in [6.07, 6.45) is 1.29. The fraction of sp³-hybridized carbons (Fsp3) is 0.455. The number of benzene rings is 2. The summed E-state index contributed by atoms with van der Waals surface area (Å²) < 4.78 is 11.7. The van der Waals surface area contributed by atoms with E-state index in [9.17, 15) is 10.2 Å². The third kappa shape index (κ3) is 3.81. The second-order valence-electron chi connectivity index (χ2n) is 7.64. The lowest BCUT2D eigenvalue weighted by Crippen LogP contribution is -2.51. The third-order valence-corrected chi connectivity index (χ3v) is 5.85.